The summed E-state index contributed by atoms with van der Waals surface area (Å²) >= 11 is 0. The first-order chi connectivity index (χ1) is 13.9. The van der Waals surface area contributed by atoms with Crippen LogP contribution in [0.25, 0.3) is 11.5 Å². The molecule has 152 valence electrons. The number of benzene rings is 2. The summed E-state index contributed by atoms with van der Waals surface area (Å²) in [5, 5.41) is 10.7. The molecule has 0 aliphatic rings. The molecule has 0 aliphatic heterocycles. The van der Waals surface area contributed by atoms with E-state index in [0.717, 1.165) is 12.1 Å². The van der Waals surface area contributed by atoms with Gasteiger partial charge in [0, 0.05) is 5.69 Å². The average molecular weight is 403 g/mol. The second kappa shape index (κ2) is 9.64. The molecule has 0 bridgehead atoms. The van der Waals surface area contributed by atoms with Gasteiger partial charge in [0.25, 0.3) is 5.89 Å². The molecule has 1 atom stereocenters. The third-order valence-corrected chi connectivity index (χ3v) is 3.57. The summed E-state index contributed by atoms with van der Waals surface area (Å²) in [5.74, 6) is 2.56. The molecule has 0 radical (unpaired) electrons. The monoisotopic (exact) mass is 403 g/mol. The lowest BCUT2D eigenvalue weighted by Gasteiger charge is -2.11. The summed E-state index contributed by atoms with van der Waals surface area (Å²) in [7, 11) is 0. The highest BCUT2D eigenvalue weighted by Gasteiger charge is 2.30. The van der Waals surface area contributed by atoms with Gasteiger partial charge in [0.1, 0.15) is 0 Å². The highest BCUT2D eigenvalue weighted by molar-refractivity contribution is 5.76. The summed E-state index contributed by atoms with van der Waals surface area (Å²) in [4.78, 5) is 0. The van der Waals surface area contributed by atoms with Crippen molar-refractivity contribution in [3.05, 3.63) is 54.1 Å². The first-order valence-corrected chi connectivity index (χ1v) is 8.87. The van der Waals surface area contributed by atoms with E-state index in [0.29, 0.717) is 16.9 Å². The van der Waals surface area contributed by atoms with Gasteiger partial charge in [-0.3, -0.25) is 0 Å². The molecule has 8 heteroatoms. The van der Waals surface area contributed by atoms with E-state index in [9.17, 15) is 13.2 Å². The molecule has 2 aromatic carbocycles. The number of halogens is 3. The summed E-state index contributed by atoms with van der Waals surface area (Å²) < 4.78 is 48.8. The van der Waals surface area contributed by atoms with Crippen molar-refractivity contribution in [2.24, 2.45) is 0 Å². The molecule has 5 nitrogen and oxygen atoms in total. The Kier molecular flexibility index (Phi) is 7.26. The first kappa shape index (κ1) is 21.8. The van der Waals surface area contributed by atoms with Gasteiger partial charge in [-0.1, -0.05) is 37.0 Å². The number of alkyl halides is 3. The van der Waals surface area contributed by atoms with Gasteiger partial charge < -0.3 is 14.5 Å². The topological polar surface area (TPSA) is 60.2 Å². The Morgan fingerprint density at radius 3 is 2.34 bits per heavy atom. The first-order valence-electron chi connectivity index (χ1n) is 8.87. The van der Waals surface area contributed by atoms with E-state index in [2.05, 4.69) is 21.4 Å². The molecule has 1 unspecified atom stereocenters. The molecule has 1 N–H and O–H groups in total. The number of ether oxygens (including phenoxy) is 1. The summed E-state index contributed by atoms with van der Waals surface area (Å²) in [6, 6.07) is 11.7. The number of hydrogen-bond donors (Lipinski definition) is 1. The number of rotatable bonds is 5. The molecule has 3 rings (SSSR count). The molecule has 3 aromatic rings. The quantitative estimate of drug-likeness (QED) is 0.536. The summed E-state index contributed by atoms with van der Waals surface area (Å²) in [6.07, 6.45) is 0.259. The predicted octanol–water partition coefficient (Wildman–Crippen LogP) is 5.93. The van der Waals surface area contributed by atoms with E-state index in [1.807, 2.05) is 13.8 Å². The molecule has 0 spiro atoms. The second-order valence-electron chi connectivity index (χ2n) is 5.55. The molecule has 29 heavy (non-hydrogen) atoms. The van der Waals surface area contributed by atoms with Crippen LogP contribution in [0.4, 0.5) is 24.5 Å². The minimum atomic E-state index is -4.38. The SMILES string of the molecule is C#CC(C)Oc1nnc(-c2ccccc2Nc2ccc(C(F)(F)F)cc2)o1.CC. The molecule has 1 heterocycles. The average Bonchev–Trinajstić information content (AvgIpc) is 3.18. The summed E-state index contributed by atoms with van der Waals surface area (Å²) in [5.41, 5.74) is 0.903. The predicted molar refractivity (Wildman–Crippen MR) is 105 cm³/mol. The Hall–Kier alpha value is -3.47. The van der Waals surface area contributed by atoms with Crippen molar-refractivity contribution >= 4 is 11.4 Å². The van der Waals surface area contributed by atoms with E-state index in [1.165, 1.54) is 12.1 Å². The van der Waals surface area contributed by atoms with Crippen molar-refractivity contribution in [1.29, 1.82) is 0 Å². The molecule has 0 amide bonds. The number of anilines is 2. The zero-order valence-corrected chi connectivity index (χ0v) is 16.1. The van der Waals surface area contributed by atoms with Crippen LogP contribution in [-0.2, 0) is 6.18 Å². The van der Waals surface area contributed by atoms with Crippen molar-refractivity contribution in [2.45, 2.75) is 33.1 Å². The van der Waals surface area contributed by atoms with Crippen LogP contribution in [0.15, 0.2) is 52.9 Å². The maximum atomic E-state index is 12.7. The van der Waals surface area contributed by atoms with Crippen molar-refractivity contribution in [3.8, 4) is 29.9 Å². The number of aromatic nitrogens is 2. The maximum absolute atomic E-state index is 12.7. The van der Waals surface area contributed by atoms with Crippen LogP contribution in [0, 0.1) is 12.3 Å². The van der Waals surface area contributed by atoms with Crippen molar-refractivity contribution in [2.75, 3.05) is 5.32 Å². The molecular formula is C21H20F3N3O2. The van der Waals surface area contributed by atoms with Gasteiger partial charge in [-0.15, -0.1) is 11.5 Å². The lowest BCUT2D eigenvalue weighted by atomic mass is 10.1. The van der Waals surface area contributed by atoms with Crippen LogP contribution >= 0.6 is 0 Å². The van der Waals surface area contributed by atoms with Gasteiger partial charge in [0.2, 0.25) is 0 Å². The molecule has 0 fully saturated rings. The van der Waals surface area contributed by atoms with Gasteiger partial charge in [-0.2, -0.15) is 13.2 Å². The van der Waals surface area contributed by atoms with Gasteiger partial charge >= 0.3 is 12.3 Å². The van der Waals surface area contributed by atoms with Gasteiger partial charge in [0.05, 0.1) is 16.8 Å². The van der Waals surface area contributed by atoms with Gasteiger partial charge in [-0.25, -0.2) is 0 Å². The van der Waals surface area contributed by atoms with Gasteiger partial charge in [-0.05, 0) is 43.3 Å². The highest BCUT2D eigenvalue weighted by Crippen LogP contribution is 2.33. The molecule has 0 saturated heterocycles. The summed E-state index contributed by atoms with van der Waals surface area (Å²) in [6.45, 7) is 5.66. The van der Waals surface area contributed by atoms with Gasteiger partial charge in [0.15, 0.2) is 6.10 Å². The lowest BCUT2D eigenvalue weighted by molar-refractivity contribution is -0.137. The normalized spacial score (nSPS) is 11.6. The Morgan fingerprint density at radius 1 is 1.07 bits per heavy atom. The van der Waals surface area contributed by atoms with Crippen LogP contribution in [-0.4, -0.2) is 16.3 Å². The van der Waals surface area contributed by atoms with Crippen molar-refractivity contribution in [1.82, 2.24) is 10.2 Å². The van der Waals surface area contributed by atoms with Crippen LogP contribution in [0.5, 0.6) is 6.08 Å². The fourth-order valence-electron chi connectivity index (χ4n) is 2.23. The zero-order chi connectivity index (χ0) is 21.4. The highest BCUT2D eigenvalue weighted by atomic mass is 19.4. The number of nitrogens with one attached hydrogen (secondary N) is 1. The van der Waals surface area contributed by atoms with E-state index < -0.39 is 17.8 Å². The number of terminal acetylenes is 1. The standard InChI is InChI=1S/C19H14F3N3O2.C2H6/c1-3-12(2)26-18-25-24-17(27-18)15-6-4-5-7-16(15)23-14-10-8-13(9-11-14)19(20,21)22;1-2/h1,4-12,23H,2H3;1-2H3. The maximum Gasteiger partial charge on any atom is 0.416 e. The smallest absolute Gasteiger partial charge is 0.416 e. The Labute approximate surface area is 166 Å². The lowest BCUT2D eigenvalue weighted by Crippen LogP contribution is -2.08. The van der Waals surface area contributed by atoms with Crippen LogP contribution in [0.2, 0.25) is 0 Å². The van der Waals surface area contributed by atoms with Crippen molar-refractivity contribution < 1.29 is 22.3 Å². The van der Waals surface area contributed by atoms with E-state index >= 15 is 0 Å². The largest absolute Gasteiger partial charge is 0.433 e. The van der Waals surface area contributed by atoms with Crippen LogP contribution in [0.1, 0.15) is 26.3 Å². The molecular weight excluding hydrogens is 383 g/mol. The second-order valence-corrected chi connectivity index (χ2v) is 5.55. The Bertz CT molecular complexity index is 960. The minimum absolute atomic E-state index is 0.0696. The minimum Gasteiger partial charge on any atom is -0.433 e. The van der Waals surface area contributed by atoms with Crippen LogP contribution < -0.4 is 10.1 Å². The Morgan fingerprint density at radius 2 is 1.72 bits per heavy atom. The fraction of sp³-hybridized carbons (Fsp3) is 0.238. The number of para-hydroxylation sites is 1. The third kappa shape index (κ3) is 5.75. The molecule has 0 saturated carbocycles. The number of hydrogen-bond acceptors (Lipinski definition) is 5. The van der Waals surface area contributed by atoms with Crippen LogP contribution in [0.3, 0.4) is 0 Å². The third-order valence-electron chi connectivity index (χ3n) is 3.57. The fourth-order valence-corrected chi connectivity index (χ4v) is 2.23. The van der Waals surface area contributed by atoms with E-state index in [-0.39, 0.29) is 12.0 Å². The number of nitrogens with zero attached hydrogens (tertiary/aromatic N) is 2. The molecule has 0 aliphatic carbocycles. The van der Waals surface area contributed by atoms with Crippen molar-refractivity contribution in [3.63, 3.8) is 0 Å². The zero-order valence-electron chi connectivity index (χ0n) is 16.1. The van der Waals surface area contributed by atoms with E-state index in [1.54, 1.807) is 31.2 Å². The van der Waals surface area contributed by atoms with E-state index in [4.69, 9.17) is 15.6 Å². The molecule has 1 aromatic heterocycles. The Balaban J connectivity index is 0.00000145.